The van der Waals surface area contributed by atoms with Gasteiger partial charge in [-0.25, -0.2) is 4.98 Å². The predicted octanol–water partition coefficient (Wildman–Crippen LogP) is 1.41. The molecule has 2 aromatic rings. The molecule has 0 aliphatic heterocycles. The van der Waals surface area contributed by atoms with Crippen molar-refractivity contribution >= 4 is 0 Å². The zero-order valence-electron chi connectivity index (χ0n) is 9.40. The van der Waals surface area contributed by atoms with Crippen molar-refractivity contribution in [1.82, 2.24) is 9.97 Å². The lowest BCUT2D eigenvalue weighted by Gasteiger charge is -1.93. The summed E-state index contributed by atoms with van der Waals surface area (Å²) in [5, 5.41) is 0. The Morgan fingerprint density at radius 2 is 2.00 bits per heavy atom. The number of oxazole rings is 2. The maximum absolute atomic E-state index is 5.44. The van der Waals surface area contributed by atoms with Crippen molar-refractivity contribution in [3.8, 4) is 17.5 Å². The van der Waals surface area contributed by atoms with Gasteiger partial charge in [-0.2, -0.15) is 4.98 Å². The first-order chi connectivity index (χ1) is 7.65. The van der Waals surface area contributed by atoms with Crippen LogP contribution in [-0.4, -0.2) is 17.1 Å². The molecule has 86 valence electrons. The Morgan fingerprint density at radius 3 is 2.50 bits per heavy atom. The van der Waals surface area contributed by atoms with Gasteiger partial charge in [-0.05, 0) is 13.8 Å². The van der Waals surface area contributed by atoms with Crippen LogP contribution in [0.15, 0.2) is 8.83 Å². The summed E-state index contributed by atoms with van der Waals surface area (Å²) in [6.45, 7) is 3.89. The Kier molecular flexibility index (Phi) is 2.66. The van der Waals surface area contributed by atoms with E-state index in [1.165, 1.54) is 7.11 Å². The number of aromatic nitrogens is 2. The first-order valence-corrected chi connectivity index (χ1v) is 4.84. The highest BCUT2D eigenvalue weighted by Crippen LogP contribution is 2.30. The average molecular weight is 223 g/mol. The number of methoxy groups -OCH3 is 1. The lowest BCUT2D eigenvalue weighted by molar-refractivity contribution is 0.394. The SMILES string of the molecule is COc1nc(CN)oc1-c1nc(C)c(C)o1. The van der Waals surface area contributed by atoms with Gasteiger partial charge in [0.25, 0.3) is 17.5 Å². The molecule has 0 unspecified atom stereocenters. The van der Waals surface area contributed by atoms with Crippen molar-refractivity contribution < 1.29 is 13.6 Å². The van der Waals surface area contributed by atoms with Crippen molar-refractivity contribution in [3.05, 3.63) is 17.3 Å². The molecule has 0 spiro atoms. The monoisotopic (exact) mass is 223 g/mol. The predicted molar refractivity (Wildman–Crippen MR) is 55.9 cm³/mol. The standard InChI is InChI=1S/C10H13N3O3/c1-5-6(2)15-10(12-5)8-9(14-3)13-7(4-11)16-8/h4,11H2,1-3H3. The van der Waals surface area contributed by atoms with Gasteiger partial charge in [0.05, 0.1) is 19.3 Å². The lowest BCUT2D eigenvalue weighted by atomic mass is 10.4. The minimum Gasteiger partial charge on any atom is -0.478 e. The fourth-order valence-corrected chi connectivity index (χ4v) is 1.28. The molecule has 16 heavy (non-hydrogen) atoms. The Balaban J connectivity index is 2.49. The van der Waals surface area contributed by atoms with Crippen molar-refractivity contribution in [2.75, 3.05) is 7.11 Å². The third-order valence-corrected chi connectivity index (χ3v) is 2.23. The van der Waals surface area contributed by atoms with E-state index in [1.54, 1.807) is 0 Å². The summed E-state index contributed by atoms with van der Waals surface area (Å²) < 4.78 is 15.9. The highest BCUT2D eigenvalue weighted by atomic mass is 16.5. The number of nitrogens with zero attached hydrogens (tertiary/aromatic N) is 2. The molecule has 0 aromatic carbocycles. The van der Waals surface area contributed by atoms with E-state index < -0.39 is 0 Å². The highest BCUT2D eigenvalue weighted by Gasteiger charge is 2.20. The molecule has 0 fully saturated rings. The molecule has 0 amide bonds. The van der Waals surface area contributed by atoms with Crippen LogP contribution in [0.3, 0.4) is 0 Å². The van der Waals surface area contributed by atoms with Gasteiger partial charge >= 0.3 is 0 Å². The Labute approximate surface area is 92.4 Å². The molecule has 2 N–H and O–H groups in total. The van der Waals surface area contributed by atoms with Gasteiger partial charge in [-0.15, -0.1) is 0 Å². The van der Waals surface area contributed by atoms with Gasteiger partial charge in [-0.1, -0.05) is 0 Å². The molecule has 0 aliphatic carbocycles. The smallest absolute Gasteiger partial charge is 0.269 e. The van der Waals surface area contributed by atoms with E-state index >= 15 is 0 Å². The zero-order valence-corrected chi connectivity index (χ0v) is 9.40. The second-order valence-corrected chi connectivity index (χ2v) is 3.31. The van der Waals surface area contributed by atoms with Crippen molar-refractivity contribution in [3.63, 3.8) is 0 Å². The summed E-state index contributed by atoms with van der Waals surface area (Å²) in [6.07, 6.45) is 0. The van der Waals surface area contributed by atoms with Crippen LogP contribution in [0.1, 0.15) is 17.3 Å². The van der Waals surface area contributed by atoms with Crippen molar-refractivity contribution in [2.24, 2.45) is 5.73 Å². The molecular formula is C10H13N3O3. The molecule has 0 bridgehead atoms. The summed E-state index contributed by atoms with van der Waals surface area (Å²) in [6, 6.07) is 0. The third-order valence-electron chi connectivity index (χ3n) is 2.23. The summed E-state index contributed by atoms with van der Waals surface area (Å²) >= 11 is 0. The van der Waals surface area contributed by atoms with Crippen molar-refractivity contribution in [2.45, 2.75) is 20.4 Å². The fourth-order valence-electron chi connectivity index (χ4n) is 1.28. The van der Waals surface area contributed by atoms with E-state index in [-0.39, 0.29) is 6.54 Å². The van der Waals surface area contributed by atoms with Crippen LogP contribution >= 0.6 is 0 Å². The van der Waals surface area contributed by atoms with Gasteiger partial charge in [0.15, 0.2) is 0 Å². The number of hydrogen-bond acceptors (Lipinski definition) is 6. The fraction of sp³-hybridized carbons (Fsp3) is 0.400. The minimum atomic E-state index is 0.203. The molecular weight excluding hydrogens is 210 g/mol. The summed E-state index contributed by atoms with van der Waals surface area (Å²) in [4.78, 5) is 8.26. The maximum Gasteiger partial charge on any atom is 0.269 e. The zero-order chi connectivity index (χ0) is 11.7. The molecule has 2 heterocycles. The number of rotatable bonds is 3. The molecule has 0 radical (unpaired) electrons. The normalized spacial score (nSPS) is 10.8. The third kappa shape index (κ3) is 1.67. The molecule has 2 rings (SSSR count). The van der Waals surface area contributed by atoms with Crippen LogP contribution in [-0.2, 0) is 6.54 Å². The second kappa shape index (κ2) is 3.97. The van der Waals surface area contributed by atoms with Crippen molar-refractivity contribution in [1.29, 1.82) is 0 Å². The largest absolute Gasteiger partial charge is 0.478 e. The van der Waals surface area contributed by atoms with Crippen LogP contribution in [0.5, 0.6) is 5.88 Å². The molecule has 6 heteroatoms. The Hall–Kier alpha value is -1.82. The summed E-state index contributed by atoms with van der Waals surface area (Å²) in [5.74, 6) is 2.20. The second-order valence-electron chi connectivity index (χ2n) is 3.31. The summed E-state index contributed by atoms with van der Waals surface area (Å²) in [7, 11) is 1.50. The van der Waals surface area contributed by atoms with E-state index in [1.807, 2.05) is 13.8 Å². The Bertz CT molecular complexity index is 482. The molecule has 0 aliphatic rings. The lowest BCUT2D eigenvalue weighted by Crippen LogP contribution is -1.95. The van der Waals surface area contributed by atoms with Crippen LogP contribution in [0.2, 0.25) is 0 Å². The van der Waals surface area contributed by atoms with Gasteiger partial charge in [0, 0.05) is 0 Å². The van der Waals surface area contributed by atoms with Gasteiger partial charge in [-0.3, -0.25) is 0 Å². The topological polar surface area (TPSA) is 87.3 Å². The van der Waals surface area contributed by atoms with Crippen LogP contribution in [0, 0.1) is 13.8 Å². The molecule has 0 saturated carbocycles. The summed E-state index contributed by atoms with van der Waals surface area (Å²) in [5.41, 5.74) is 6.25. The molecule has 0 saturated heterocycles. The van der Waals surface area contributed by atoms with Crippen LogP contribution in [0.4, 0.5) is 0 Å². The molecule has 0 atom stereocenters. The Morgan fingerprint density at radius 1 is 1.25 bits per heavy atom. The average Bonchev–Trinajstić information content (AvgIpc) is 2.83. The first-order valence-electron chi connectivity index (χ1n) is 4.84. The van der Waals surface area contributed by atoms with Gasteiger partial charge in [0.1, 0.15) is 5.76 Å². The molecule has 2 aromatic heterocycles. The van der Waals surface area contributed by atoms with Crippen LogP contribution in [0.25, 0.3) is 11.7 Å². The van der Waals surface area contributed by atoms with E-state index in [2.05, 4.69) is 9.97 Å². The van der Waals surface area contributed by atoms with E-state index in [0.717, 1.165) is 11.5 Å². The first kappa shape index (κ1) is 10.7. The number of hydrogen-bond donors (Lipinski definition) is 1. The van der Waals surface area contributed by atoms with E-state index in [0.29, 0.717) is 23.4 Å². The quantitative estimate of drug-likeness (QED) is 0.846. The minimum absolute atomic E-state index is 0.203. The van der Waals surface area contributed by atoms with Crippen LogP contribution < -0.4 is 10.5 Å². The number of aryl methyl sites for hydroxylation is 2. The number of ether oxygens (including phenoxy) is 1. The van der Waals surface area contributed by atoms with E-state index in [4.69, 9.17) is 19.3 Å². The number of nitrogens with two attached hydrogens (primary N) is 1. The van der Waals surface area contributed by atoms with Gasteiger partial charge in [0.2, 0.25) is 5.89 Å². The van der Waals surface area contributed by atoms with Gasteiger partial charge < -0.3 is 19.3 Å². The highest BCUT2D eigenvalue weighted by molar-refractivity contribution is 5.52. The maximum atomic E-state index is 5.44. The van der Waals surface area contributed by atoms with E-state index in [9.17, 15) is 0 Å². The molecule has 6 nitrogen and oxygen atoms in total.